The van der Waals surface area contributed by atoms with E-state index < -0.39 is 5.97 Å². The molecule has 0 aromatic heterocycles. The Morgan fingerprint density at radius 2 is 2.40 bits per heavy atom. The zero-order chi connectivity index (χ0) is 8.41. The minimum absolute atomic E-state index is 0.250. The van der Waals surface area contributed by atoms with Crippen LogP contribution in [0.4, 0.5) is 0 Å². The van der Waals surface area contributed by atoms with Crippen molar-refractivity contribution in [1.82, 2.24) is 0 Å². The summed E-state index contributed by atoms with van der Waals surface area (Å²) in [4.78, 5) is 9.85. The lowest BCUT2D eigenvalue weighted by atomic mass is 10.7. The Hall–Kier alpha value is -1.34. The fourth-order valence-corrected chi connectivity index (χ4v) is 0.0867. The standard InChI is InChI=1S/C4H3NO2.C2H6O/c1-2-4(6)7-3-5;1-2-3/h2H,1H2;3H,2H2,1H3. The van der Waals surface area contributed by atoms with Crippen LogP contribution in [-0.2, 0) is 9.53 Å². The molecule has 0 aliphatic carbocycles. The fraction of sp³-hybridized carbons (Fsp3) is 0.333. The van der Waals surface area contributed by atoms with Crippen LogP contribution in [0.2, 0.25) is 0 Å². The first kappa shape index (κ1) is 11.5. The van der Waals surface area contributed by atoms with Crippen molar-refractivity contribution < 1.29 is 14.6 Å². The van der Waals surface area contributed by atoms with Crippen LogP contribution in [0, 0.1) is 11.5 Å². The molecule has 4 nitrogen and oxygen atoms in total. The first-order valence-electron chi connectivity index (χ1n) is 2.56. The predicted molar refractivity (Wildman–Crippen MR) is 34.7 cm³/mol. The summed E-state index contributed by atoms with van der Waals surface area (Å²) in [6.45, 7) is 4.98. The second-order valence-electron chi connectivity index (χ2n) is 1.03. The lowest BCUT2D eigenvalue weighted by Crippen LogP contribution is -1.91. The van der Waals surface area contributed by atoms with E-state index in [1.165, 1.54) is 6.26 Å². The number of aliphatic hydroxyl groups excluding tert-OH is 1. The van der Waals surface area contributed by atoms with Gasteiger partial charge in [0.1, 0.15) is 0 Å². The number of aliphatic hydroxyl groups is 1. The number of rotatable bonds is 1. The molecule has 0 aromatic carbocycles. The molecule has 0 spiro atoms. The number of carbonyl (C=O) groups is 1. The number of hydrogen-bond acceptors (Lipinski definition) is 4. The molecule has 0 aliphatic heterocycles. The Morgan fingerprint density at radius 3 is 2.50 bits per heavy atom. The molecule has 0 atom stereocenters. The van der Waals surface area contributed by atoms with Crippen LogP contribution in [0.25, 0.3) is 0 Å². The van der Waals surface area contributed by atoms with Crippen LogP contribution in [0.5, 0.6) is 0 Å². The van der Waals surface area contributed by atoms with Crippen molar-refractivity contribution in [1.29, 1.82) is 5.26 Å². The van der Waals surface area contributed by atoms with E-state index in [-0.39, 0.29) is 6.61 Å². The normalized spacial score (nSPS) is 6.10. The van der Waals surface area contributed by atoms with Gasteiger partial charge in [0, 0.05) is 12.7 Å². The quantitative estimate of drug-likeness (QED) is 0.323. The molecule has 0 bridgehead atoms. The zero-order valence-electron chi connectivity index (χ0n) is 5.70. The van der Waals surface area contributed by atoms with E-state index in [2.05, 4.69) is 11.3 Å². The van der Waals surface area contributed by atoms with Crippen molar-refractivity contribution in [2.45, 2.75) is 6.92 Å². The Balaban J connectivity index is 0. The van der Waals surface area contributed by atoms with Gasteiger partial charge in [0.05, 0.1) is 0 Å². The number of nitriles is 1. The van der Waals surface area contributed by atoms with E-state index in [9.17, 15) is 4.79 Å². The smallest absolute Gasteiger partial charge is 0.345 e. The molecule has 0 aromatic rings. The van der Waals surface area contributed by atoms with Crippen molar-refractivity contribution >= 4 is 5.97 Å². The van der Waals surface area contributed by atoms with Gasteiger partial charge < -0.3 is 9.84 Å². The van der Waals surface area contributed by atoms with Gasteiger partial charge in [-0.1, -0.05) is 6.58 Å². The number of ether oxygens (including phenoxy) is 1. The van der Waals surface area contributed by atoms with Crippen LogP contribution in [0.15, 0.2) is 12.7 Å². The molecule has 0 radical (unpaired) electrons. The van der Waals surface area contributed by atoms with Gasteiger partial charge in [-0.15, -0.1) is 5.26 Å². The molecule has 4 heteroatoms. The lowest BCUT2D eigenvalue weighted by molar-refractivity contribution is -0.131. The van der Waals surface area contributed by atoms with Crippen LogP contribution in [0.1, 0.15) is 6.92 Å². The van der Waals surface area contributed by atoms with Crippen LogP contribution in [0.3, 0.4) is 0 Å². The summed E-state index contributed by atoms with van der Waals surface area (Å²) in [6.07, 6.45) is 2.12. The number of nitrogens with zero attached hydrogens (tertiary/aromatic N) is 1. The summed E-state index contributed by atoms with van der Waals surface area (Å²) < 4.78 is 3.74. The number of hydrogen-bond donors (Lipinski definition) is 1. The van der Waals surface area contributed by atoms with Crippen molar-refractivity contribution in [2.24, 2.45) is 0 Å². The molecule has 1 N–H and O–H groups in total. The van der Waals surface area contributed by atoms with Crippen molar-refractivity contribution in [3.05, 3.63) is 12.7 Å². The Morgan fingerprint density at radius 1 is 2.00 bits per heavy atom. The minimum atomic E-state index is -0.720. The van der Waals surface area contributed by atoms with Crippen molar-refractivity contribution in [3.63, 3.8) is 0 Å². The summed E-state index contributed by atoms with van der Waals surface area (Å²) in [5, 5.41) is 15.2. The fourth-order valence-electron chi connectivity index (χ4n) is 0.0867. The van der Waals surface area contributed by atoms with E-state index in [0.29, 0.717) is 0 Å². The summed E-state index contributed by atoms with van der Waals surface area (Å²) in [6, 6.07) is 0. The van der Waals surface area contributed by atoms with Crippen molar-refractivity contribution in [2.75, 3.05) is 6.61 Å². The highest BCUT2D eigenvalue weighted by Crippen LogP contribution is 1.71. The Kier molecular flexibility index (Phi) is 12.1. The number of carbonyl (C=O) groups excluding carboxylic acids is 1. The molecule has 0 rings (SSSR count). The van der Waals surface area contributed by atoms with Gasteiger partial charge in [0.25, 0.3) is 6.26 Å². The van der Waals surface area contributed by atoms with E-state index >= 15 is 0 Å². The van der Waals surface area contributed by atoms with Gasteiger partial charge in [0.15, 0.2) is 0 Å². The molecule has 0 heterocycles. The third-order valence-corrected chi connectivity index (χ3v) is 0.313. The first-order chi connectivity index (χ1) is 4.72. The van der Waals surface area contributed by atoms with Gasteiger partial charge in [-0.3, -0.25) is 0 Å². The lowest BCUT2D eigenvalue weighted by Gasteiger charge is -1.77. The zero-order valence-corrected chi connectivity index (χ0v) is 5.70. The molecule has 56 valence electrons. The molecular formula is C6H9NO3. The average molecular weight is 143 g/mol. The Labute approximate surface area is 59.3 Å². The second-order valence-corrected chi connectivity index (χ2v) is 1.03. The maximum absolute atomic E-state index is 9.85. The molecule has 0 aliphatic rings. The molecular weight excluding hydrogens is 134 g/mol. The van der Waals surface area contributed by atoms with Crippen molar-refractivity contribution in [3.8, 4) is 6.26 Å². The molecule has 0 fully saturated rings. The predicted octanol–water partition coefficient (Wildman–Crippen LogP) is 0.195. The van der Waals surface area contributed by atoms with E-state index in [4.69, 9.17) is 10.4 Å². The average Bonchev–Trinajstić information content (AvgIpc) is 1.90. The first-order valence-corrected chi connectivity index (χ1v) is 2.56. The summed E-state index contributed by atoms with van der Waals surface area (Å²) in [5.41, 5.74) is 0. The van der Waals surface area contributed by atoms with Gasteiger partial charge >= 0.3 is 5.97 Å². The highest BCUT2D eigenvalue weighted by atomic mass is 16.5. The highest BCUT2D eigenvalue weighted by Gasteiger charge is 1.87. The Bertz CT molecular complexity index is 136. The molecule has 0 saturated heterocycles. The molecule has 0 unspecified atom stereocenters. The molecule has 10 heavy (non-hydrogen) atoms. The van der Waals surface area contributed by atoms with Crippen LogP contribution >= 0.6 is 0 Å². The second kappa shape index (κ2) is 10.6. The third-order valence-electron chi connectivity index (χ3n) is 0.313. The van der Waals surface area contributed by atoms with Gasteiger partial charge in [-0.2, -0.15) is 0 Å². The van der Waals surface area contributed by atoms with Gasteiger partial charge in [0.2, 0.25) is 0 Å². The van der Waals surface area contributed by atoms with Crippen LogP contribution < -0.4 is 0 Å². The molecule has 0 amide bonds. The van der Waals surface area contributed by atoms with E-state index in [1.54, 1.807) is 6.92 Å². The SMILES string of the molecule is C=CC(=O)OC#N.CCO. The minimum Gasteiger partial charge on any atom is -0.397 e. The van der Waals surface area contributed by atoms with Gasteiger partial charge in [-0.25, -0.2) is 4.79 Å². The maximum Gasteiger partial charge on any atom is 0.345 e. The van der Waals surface area contributed by atoms with E-state index in [1.807, 2.05) is 0 Å². The largest absolute Gasteiger partial charge is 0.397 e. The third kappa shape index (κ3) is 15.9. The monoisotopic (exact) mass is 143 g/mol. The van der Waals surface area contributed by atoms with Gasteiger partial charge in [-0.05, 0) is 6.92 Å². The van der Waals surface area contributed by atoms with Crippen LogP contribution in [-0.4, -0.2) is 17.7 Å². The molecule has 0 saturated carbocycles. The summed E-state index contributed by atoms with van der Waals surface area (Å²) in [5.74, 6) is -0.720. The number of esters is 1. The summed E-state index contributed by atoms with van der Waals surface area (Å²) >= 11 is 0. The highest BCUT2D eigenvalue weighted by molar-refractivity contribution is 5.81. The summed E-state index contributed by atoms with van der Waals surface area (Å²) in [7, 11) is 0. The maximum atomic E-state index is 9.85. The van der Waals surface area contributed by atoms with E-state index in [0.717, 1.165) is 6.08 Å². The topological polar surface area (TPSA) is 70.3 Å².